The summed E-state index contributed by atoms with van der Waals surface area (Å²) in [7, 11) is 0. The molecule has 2 heterocycles. The van der Waals surface area contributed by atoms with Crippen molar-refractivity contribution < 1.29 is 0 Å². The van der Waals surface area contributed by atoms with Crippen LogP contribution in [0.4, 0.5) is 0 Å². The van der Waals surface area contributed by atoms with Gasteiger partial charge in [0.15, 0.2) is 5.65 Å². The molecule has 0 unspecified atom stereocenters. The summed E-state index contributed by atoms with van der Waals surface area (Å²) in [6, 6.07) is 0. The predicted octanol–water partition coefficient (Wildman–Crippen LogP) is 3.55. The van der Waals surface area contributed by atoms with Crippen molar-refractivity contribution in [3.63, 3.8) is 0 Å². The molecule has 0 aliphatic heterocycles. The Balaban J connectivity index is 1.66. The smallest absolute Gasteiger partial charge is 0.155 e. The van der Waals surface area contributed by atoms with Gasteiger partial charge in [0.05, 0.1) is 18.1 Å². The van der Waals surface area contributed by atoms with E-state index in [2.05, 4.69) is 42.5 Å². The highest BCUT2D eigenvalue weighted by Crippen LogP contribution is 2.40. The van der Waals surface area contributed by atoms with Gasteiger partial charge in [-0.2, -0.15) is 0 Å². The third-order valence-electron chi connectivity index (χ3n) is 4.66. The van der Waals surface area contributed by atoms with Gasteiger partial charge < -0.3 is 5.32 Å². The van der Waals surface area contributed by atoms with E-state index in [-0.39, 0.29) is 0 Å². The van der Waals surface area contributed by atoms with Gasteiger partial charge in [0.1, 0.15) is 4.60 Å². The minimum atomic E-state index is 0.530. The van der Waals surface area contributed by atoms with E-state index in [1.165, 1.54) is 37.8 Å². The van der Waals surface area contributed by atoms with E-state index < -0.39 is 0 Å². The maximum Gasteiger partial charge on any atom is 0.155 e. The van der Waals surface area contributed by atoms with Crippen molar-refractivity contribution >= 4 is 21.6 Å². The molecule has 0 radical (unpaired) electrons. The number of nitrogens with zero attached hydrogens (tertiary/aromatic N) is 3. The van der Waals surface area contributed by atoms with Crippen LogP contribution in [0.5, 0.6) is 0 Å². The summed E-state index contributed by atoms with van der Waals surface area (Å²) in [5.41, 5.74) is 2.62. The molecule has 0 aromatic carbocycles. The Morgan fingerprint density at radius 3 is 2.85 bits per heavy atom. The number of aromatic nitrogens is 3. The van der Waals surface area contributed by atoms with Crippen molar-refractivity contribution in [2.45, 2.75) is 45.6 Å². The molecule has 4 nitrogen and oxygen atoms in total. The normalized spacial score (nSPS) is 17.9. The molecule has 1 fully saturated rings. The zero-order chi connectivity index (χ0) is 14.0. The Bertz CT molecular complexity index is 587. The average Bonchev–Trinajstić information content (AvgIpc) is 3.07. The number of imidazole rings is 1. The minimum absolute atomic E-state index is 0.530. The van der Waals surface area contributed by atoms with Crippen LogP contribution < -0.4 is 5.32 Å². The first-order valence-corrected chi connectivity index (χ1v) is 8.20. The van der Waals surface area contributed by atoms with E-state index in [4.69, 9.17) is 0 Å². The van der Waals surface area contributed by atoms with Gasteiger partial charge >= 0.3 is 0 Å². The van der Waals surface area contributed by atoms with Gasteiger partial charge in [-0.1, -0.05) is 19.8 Å². The van der Waals surface area contributed by atoms with Gasteiger partial charge in [-0.3, -0.25) is 4.40 Å². The summed E-state index contributed by atoms with van der Waals surface area (Å²) in [6.45, 7) is 4.30. The number of rotatable bonds is 5. The van der Waals surface area contributed by atoms with Crippen molar-refractivity contribution in [3.05, 3.63) is 28.9 Å². The molecule has 0 saturated heterocycles. The number of nitrogens with one attached hydrogen (secondary N) is 1. The fraction of sp³-hybridized carbons (Fsp3) is 0.600. The van der Waals surface area contributed by atoms with Crippen LogP contribution in [0.1, 0.15) is 44.7 Å². The third-order valence-corrected chi connectivity index (χ3v) is 5.07. The van der Waals surface area contributed by atoms with E-state index in [1.54, 1.807) is 6.20 Å². The molecular weight excluding hydrogens is 316 g/mol. The van der Waals surface area contributed by atoms with Gasteiger partial charge in [0.25, 0.3) is 0 Å². The number of hydrogen-bond acceptors (Lipinski definition) is 3. The fourth-order valence-electron chi connectivity index (χ4n) is 3.28. The monoisotopic (exact) mass is 336 g/mol. The summed E-state index contributed by atoms with van der Waals surface area (Å²) in [6.07, 6.45) is 12.5. The van der Waals surface area contributed by atoms with Crippen molar-refractivity contribution in [3.8, 4) is 0 Å². The molecular formula is C15H21BrN4. The number of halogens is 1. The highest BCUT2D eigenvalue weighted by atomic mass is 79.9. The van der Waals surface area contributed by atoms with E-state index in [9.17, 15) is 0 Å². The maximum absolute atomic E-state index is 4.39. The molecule has 108 valence electrons. The molecule has 0 amide bonds. The summed E-state index contributed by atoms with van der Waals surface area (Å²) in [4.78, 5) is 8.59. The van der Waals surface area contributed by atoms with E-state index in [1.807, 2.05) is 12.4 Å². The lowest BCUT2D eigenvalue weighted by Gasteiger charge is -2.27. The van der Waals surface area contributed by atoms with Crippen LogP contribution in [0.25, 0.3) is 5.65 Å². The van der Waals surface area contributed by atoms with Crippen LogP contribution in [0, 0.1) is 5.41 Å². The Hall–Kier alpha value is -0.940. The Morgan fingerprint density at radius 2 is 2.10 bits per heavy atom. The van der Waals surface area contributed by atoms with Crippen molar-refractivity contribution in [2.75, 3.05) is 6.54 Å². The highest BCUT2D eigenvalue weighted by Gasteiger charge is 2.31. The minimum Gasteiger partial charge on any atom is -0.311 e. The summed E-state index contributed by atoms with van der Waals surface area (Å²) >= 11 is 3.41. The molecule has 0 spiro atoms. The molecule has 5 heteroatoms. The van der Waals surface area contributed by atoms with Gasteiger partial charge in [-0.25, -0.2) is 9.97 Å². The van der Waals surface area contributed by atoms with Gasteiger partial charge in [0.2, 0.25) is 0 Å². The zero-order valence-electron chi connectivity index (χ0n) is 11.9. The molecule has 2 aromatic rings. The SMILES string of the molecule is CCC1(CNCc2cnc3cnc(Br)cn23)CCCC1. The van der Waals surface area contributed by atoms with Gasteiger partial charge in [-0.15, -0.1) is 0 Å². The first-order valence-electron chi connectivity index (χ1n) is 7.41. The Labute approximate surface area is 128 Å². The fourth-order valence-corrected chi connectivity index (χ4v) is 3.59. The summed E-state index contributed by atoms with van der Waals surface area (Å²) in [5.74, 6) is 0. The number of hydrogen-bond donors (Lipinski definition) is 1. The molecule has 20 heavy (non-hydrogen) atoms. The molecule has 1 aliphatic carbocycles. The van der Waals surface area contributed by atoms with Crippen molar-refractivity contribution in [1.82, 2.24) is 19.7 Å². The third kappa shape index (κ3) is 2.74. The lowest BCUT2D eigenvalue weighted by Crippen LogP contribution is -2.31. The summed E-state index contributed by atoms with van der Waals surface area (Å²) < 4.78 is 2.93. The highest BCUT2D eigenvalue weighted by molar-refractivity contribution is 9.10. The second-order valence-corrected chi connectivity index (χ2v) is 6.66. The first kappa shape index (κ1) is 14.0. The predicted molar refractivity (Wildman–Crippen MR) is 83.6 cm³/mol. The molecule has 1 saturated carbocycles. The Kier molecular flexibility index (Phi) is 4.08. The van der Waals surface area contributed by atoms with Crippen LogP contribution in [0.2, 0.25) is 0 Å². The topological polar surface area (TPSA) is 42.2 Å². The van der Waals surface area contributed by atoms with Crippen LogP contribution >= 0.6 is 15.9 Å². The molecule has 1 N–H and O–H groups in total. The molecule has 3 rings (SSSR count). The lowest BCUT2D eigenvalue weighted by molar-refractivity contribution is 0.267. The quantitative estimate of drug-likeness (QED) is 0.907. The number of fused-ring (bicyclic) bond motifs is 1. The maximum atomic E-state index is 4.39. The summed E-state index contributed by atoms with van der Waals surface area (Å²) in [5, 5.41) is 3.64. The second kappa shape index (κ2) is 5.82. The molecule has 0 atom stereocenters. The average molecular weight is 337 g/mol. The van der Waals surface area contributed by atoms with Crippen LogP contribution in [-0.4, -0.2) is 20.9 Å². The van der Waals surface area contributed by atoms with Crippen molar-refractivity contribution in [1.29, 1.82) is 0 Å². The largest absolute Gasteiger partial charge is 0.311 e. The van der Waals surface area contributed by atoms with Crippen LogP contribution in [-0.2, 0) is 6.54 Å². The second-order valence-electron chi connectivity index (χ2n) is 5.85. The van der Waals surface area contributed by atoms with E-state index in [0.717, 1.165) is 23.3 Å². The van der Waals surface area contributed by atoms with Crippen LogP contribution in [0.15, 0.2) is 23.2 Å². The van der Waals surface area contributed by atoms with Crippen LogP contribution in [0.3, 0.4) is 0 Å². The van der Waals surface area contributed by atoms with Gasteiger partial charge in [-0.05, 0) is 40.6 Å². The molecule has 1 aliphatic rings. The van der Waals surface area contributed by atoms with E-state index in [0.29, 0.717) is 5.41 Å². The first-order chi connectivity index (χ1) is 9.72. The lowest BCUT2D eigenvalue weighted by atomic mass is 9.83. The molecule has 2 aromatic heterocycles. The molecule has 0 bridgehead atoms. The van der Waals surface area contributed by atoms with Gasteiger partial charge in [0, 0.05) is 19.3 Å². The zero-order valence-corrected chi connectivity index (χ0v) is 13.5. The van der Waals surface area contributed by atoms with Crippen molar-refractivity contribution in [2.24, 2.45) is 5.41 Å². The van der Waals surface area contributed by atoms with E-state index >= 15 is 0 Å². The Morgan fingerprint density at radius 1 is 1.30 bits per heavy atom. The standard InChI is InChI=1S/C15H21BrN4/c1-2-15(5-3-4-6-15)11-17-7-12-8-19-14-9-18-13(16)10-20(12)14/h8-10,17H,2-7,11H2,1H3.